The number of alkyl halides is 2. The second kappa shape index (κ2) is 7.48. The van der Waals surface area contributed by atoms with Crippen LogP contribution in [0.1, 0.15) is 24.8 Å². The zero-order chi connectivity index (χ0) is 14.5. The Morgan fingerprint density at radius 2 is 2.25 bits per heavy atom. The SMILES string of the molecule is CSC1CCCC1NCc1cc(Cl)ccc1OC(F)F. The molecule has 1 fully saturated rings. The van der Waals surface area contributed by atoms with E-state index in [1.165, 1.54) is 18.9 Å². The predicted molar refractivity (Wildman–Crippen MR) is 79.9 cm³/mol. The molecule has 1 aromatic carbocycles. The van der Waals surface area contributed by atoms with E-state index in [1.54, 1.807) is 12.1 Å². The lowest BCUT2D eigenvalue weighted by Crippen LogP contribution is -2.33. The van der Waals surface area contributed by atoms with Gasteiger partial charge >= 0.3 is 6.61 Å². The second-order valence-corrected chi connectivity index (χ2v) is 6.34. The average Bonchev–Trinajstić information content (AvgIpc) is 2.86. The maximum absolute atomic E-state index is 12.4. The van der Waals surface area contributed by atoms with Gasteiger partial charge in [-0.3, -0.25) is 0 Å². The van der Waals surface area contributed by atoms with E-state index in [9.17, 15) is 8.78 Å². The van der Waals surface area contributed by atoms with Crippen LogP contribution in [-0.2, 0) is 6.54 Å². The van der Waals surface area contributed by atoms with Gasteiger partial charge in [0.05, 0.1) is 0 Å². The molecule has 0 saturated heterocycles. The number of rotatable bonds is 6. The van der Waals surface area contributed by atoms with Gasteiger partial charge in [0, 0.05) is 28.4 Å². The van der Waals surface area contributed by atoms with Gasteiger partial charge in [0.15, 0.2) is 0 Å². The van der Waals surface area contributed by atoms with Crippen molar-refractivity contribution in [1.82, 2.24) is 5.32 Å². The molecular weight excluding hydrogens is 304 g/mol. The van der Waals surface area contributed by atoms with Crippen LogP contribution in [0, 0.1) is 0 Å². The third-order valence-corrected chi connectivity index (χ3v) is 4.95. The number of hydrogen-bond acceptors (Lipinski definition) is 3. The molecule has 1 aliphatic carbocycles. The summed E-state index contributed by atoms with van der Waals surface area (Å²) in [4.78, 5) is 0. The van der Waals surface area contributed by atoms with Crippen molar-refractivity contribution in [2.45, 2.75) is 43.7 Å². The van der Waals surface area contributed by atoms with E-state index in [4.69, 9.17) is 11.6 Å². The van der Waals surface area contributed by atoms with Gasteiger partial charge in [-0.05, 0) is 37.3 Å². The van der Waals surface area contributed by atoms with Crippen LogP contribution in [0.25, 0.3) is 0 Å². The molecule has 2 atom stereocenters. The largest absolute Gasteiger partial charge is 0.434 e. The van der Waals surface area contributed by atoms with E-state index in [0.29, 0.717) is 28.4 Å². The molecule has 0 amide bonds. The summed E-state index contributed by atoms with van der Waals surface area (Å²) in [6.07, 6.45) is 5.64. The Kier molecular flexibility index (Phi) is 5.93. The van der Waals surface area contributed by atoms with Crippen LogP contribution in [0.4, 0.5) is 8.78 Å². The van der Waals surface area contributed by atoms with Crippen LogP contribution in [0.2, 0.25) is 5.02 Å². The number of hydrogen-bond donors (Lipinski definition) is 1. The number of halogens is 3. The summed E-state index contributed by atoms with van der Waals surface area (Å²) in [7, 11) is 0. The normalized spacial score (nSPS) is 22.4. The zero-order valence-electron chi connectivity index (χ0n) is 11.2. The summed E-state index contributed by atoms with van der Waals surface area (Å²) in [5.41, 5.74) is 0.671. The lowest BCUT2D eigenvalue weighted by atomic mass is 10.1. The second-order valence-electron chi connectivity index (χ2n) is 4.82. The Bertz CT molecular complexity index is 447. The van der Waals surface area contributed by atoms with Gasteiger partial charge in [-0.25, -0.2) is 0 Å². The fourth-order valence-electron chi connectivity index (χ4n) is 2.58. The Labute approximate surface area is 127 Å². The van der Waals surface area contributed by atoms with Gasteiger partial charge in [0.1, 0.15) is 5.75 Å². The van der Waals surface area contributed by atoms with Gasteiger partial charge in [-0.2, -0.15) is 20.5 Å². The highest BCUT2D eigenvalue weighted by Crippen LogP contribution is 2.30. The van der Waals surface area contributed by atoms with Crippen molar-refractivity contribution in [3.63, 3.8) is 0 Å². The van der Waals surface area contributed by atoms with Gasteiger partial charge in [-0.15, -0.1) is 0 Å². The molecule has 20 heavy (non-hydrogen) atoms. The molecule has 1 saturated carbocycles. The molecule has 0 radical (unpaired) electrons. The average molecular weight is 322 g/mol. The van der Waals surface area contributed by atoms with Crippen LogP contribution in [-0.4, -0.2) is 24.2 Å². The third-order valence-electron chi connectivity index (χ3n) is 3.55. The monoisotopic (exact) mass is 321 g/mol. The van der Waals surface area contributed by atoms with Gasteiger partial charge in [-0.1, -0.05) is 18.0 Å². The lowest BCUT2D eigenvalue weighted by Gasteiger charge is -2.20. The molecular formula is C14H18ClF2NOS. The molecule has 2 nitrogen and oxygen atoms in total. The molecule has 0 bridgehead atoms. The highest BCUT2D eigenvalue weighted by Gasteiger charge is 2.26. The van der Waals surface area contributed by atoms with Crippen molar-refractivity contribution in [2.75, 3.05) is 6.26 Å². The van der Waals surface area contributed by atoms with Crippen LogP contribution in [0.3, 0.4) is 0 Å². The summed E-state index contributed by atoms with van der Waals surface area (Å²) in [5.74, 6) is 0.190. The summed E-state index contributed by atoms with van der Waals surface area (Å²) in [6.45, 7) is -2.33. The van der Waals surface area contributed by atoms with E-state index < -0.39 is 6.61 Å². The minimum absolute atomic E-state index is 0.190. The Balaban J connectivity index is 2.02. The predicted octanol–water partition coefficient (Wildman–Crippen LogP) is 4.32. The molecule has 1 N–H and O–H groups in total. The van der Waals surface area contributed by atoms with Crippen molar-refractivity contribution in [3.05, 3.63) is 28.8 Å². The minimum Gasteiger partial charge on any atom is -0.434 e. The fourth-order valence-corrected chi connectivity index (χ4v) is 3.74. The van der Waals surface area contributed by atoms with Gasteiger partial charge < -0.3 is 10.1 Å². The van der Waals surface area contributed by atoms with E-state index in [0.717, 1.165) is 6.42 Å². The van der Waals surface area contributed by atoms with Gasteiger partial charge in [0.25, 0.3) is 0 Å². The van der Waals surface area contributed by atoms with E-state index in [-0.39, 0.29) is 5.75 Å². The summed E-state index contributed by atoms with van der Waals surface area (Å²) < 4.78 is 29.3. The number of ether oxygens (including phenoxy) is 1. The van der Waals surface area contributed by atoms with Crippen molar-refractivity contribution < 1.29 is 13.5 Å². The molecule has 112 valence electrons. The lowest BCUT2D eigenvalue weighted by molar-refractivity contribution is -0.0505. The first-order valence-corrected chi connectivity index (χ1v) is 8.26. The van der Waals surface area contributed by atoms with Crippen molar-refractivity contribution in [3.8, 4) is 5.75 Å². The smallest absolute Gasteiger partial charge is 0.387 e. The summed E-state index contributed by atoms with van der Waals surface area (Å²) >= 11 is 7.78. The van der Waals surface area contributed by atoms with Crippen molar-refractivity contribution in [1.29, 1.82) is 0 Å². The van der Waals surface area contributed by atoms with Gasteiger partial charge in [0.2, 0.25) is 0 Å². The third kappa shape index (κ3) is 4.24. The number of benzene rings is 1. The topological polar surface area (TPSA) is 21.3 Å². The maximum atomic E-state index is 12.4. The Morgan fingerprint density at radius 1 is 1.45 bits per heavy atom. The Morgan fingerprint density at radius 3 is 2.95 bits per heavy atom. The standard InChI is InChI=1S/C14H18ClF2NOS/c1-20-13-4-2-3-11(13)18-8-9-7-10(15)5-6-12(9)19-14(16)17/h5-7,11,13-14,18H,2-4,8H2,1H3. The van der Waals surface area contributed by atoms with Crippen LogP contribution >= 0.6 is 23.4 Å². The molecule has 0 aliphatic heterocycles. The molecule has 1 aromatic rings. The molecule has 0 aromatic heterocycles. The quantitative estimate of drug-likeness (QED) is 0.843. The summed E-state index contributed by atoms with van der Waals surface area (Å²) in [6, 6.07) is 5.15. The van der Waals surface area contributed by atoms with Crippen LogP contribution < -0.4 is 10.1 Å². The molecule has 1 aliphatic rings. The van der Waals surface area contributed by atoms with E-state index in [1.807, 2.05) is 11.8 Å². The molecule has 2 unspecified atom stereocenters. The first kappa shape index (κ1) is 15.9. The highest BCUT2D eigenvalue weighted by molar-refractivity contribution is 7.99. The highest BCUT2D eigenvalue weighted by atomic mass is 35.5. The van der Waals surface area contributed by atoms with Crippen LogP contribution in [0.5, 0.6) is 5.75 Å². The maximum Gasteiger partial charge on any atom is 0.387 e. The molecule has 0 spiro atoms. The Hall–Kier alpha value is -0.520. The fraction of sp³-hybridized carbons (Fsp3) is 0.571. The van der Waals surface area contributed by atoms with Crippen molar-refractivity contribution >= 4 is 23.4 Å². The van der Waals surface area contributed by atoms with Crippen LogP contribution in [0.15, 0.2) is 18.2 Å². The zero-order valence-corrected chi connectivity index (χ0v) is 12.8. The molecule has 2 rings (SSSR count). The van der Waals surface area contributed by atoms with E-state index >= 15 is 0 Å². The minimum atomic E-state index is -2.82. The molecule has 0 heterocycles. The number of thioether (sulfide) groups is 1. The number of nitrogens with one attached hydrogen (secondary N) is 1. The molecule has 6 heteroatoms. The summed E-state index contributed by atoms with van der Waals surface area (Å²) in [5, 5.41) is 4.55. The first-order chi connectivity index (χ1) is 9.60. The van der Waals surface area contributed by atoms with E-state index in [2.05, 4.69) is 16.3 Å². The first-order valence-electron chi connectivity index (χ1n) is 6.59. The van der Waals surface area contributed by atoms with Crippen molar-refractivity contribution in [2.24, 2.45) is 0 Å².